The number of rotatable bonds is 2. The summed E-state index contributed by atoms with van der Waals surface area (Å²) < 4.78 is 12.6. The molecule has 3 nitrogen and oxygen atoms in total. The van der Waals surface area contributed by atoms with Crippen LogP contribution in [0.1, 0.15) is 5.56 Å². The lowest BCUT2D eigenvalue weighted by Crippen LogP contribution is -2.33. The third-order valence-corrected chi connectivity index (χ3v) is 2.05. The molecule has 5 heteroatoms. The van der Waals surface area contributed by atoms with Crippen molar-refractivity contribution in [3.05, 3.63) is 35.6 Å². The number of nitrogens with one attached hydrogen (secondary N) is 2. The van der Waals surface area contributed by atoms with Gasteiger partial charge in [0.1, 0.15) is 5.82 Å². The van der Waals surface area contributed by atoms with Gasteiger partial charge in [0.15, 0.2) is 5.96 Å². The van der Waals surface area contributed by atoms with Gasteiger partial charge in [0.05, 0.1) is 6.54 Å². The van der Waals surface area contributed by atoms with E-state index in [0.29, 0.717) is 6.54 Å². The Labute approximate surface area is 94.2 Å². The van der Waals surface area contributed by atoms with Crippen LogP contribution in [0.2, 0.25) is 0 Å². The lowest BCUT2D eigenvalue weighted by atomic mass is 10.2. The summed E-state index contributed by atoms with van der Waals surface area (Å²) in [6.45, 7) is 2.39. The number of halogens is 2. The number of nitrogens with zero attached hydrogens (tertiary/aromatic N) is 1. The molecule has 0 bridgehead atoms. The molecular weight excluding hydrogens is 217 g/mol. The maximum Gasteiger partial charge on any atom is 0.191 e. The van der Waals surface area contributed by atoms with Gasteiger partial charge in [-0.1, -0.05) is 12.1 Å². The maximum absolute atomic E-state index is 12.6. The molecule has 0 atom stereocenters. The Morgan fingerprint density at radius 1 is 1.33 bits per heavy atom. The Morgan fingerprint density at radius 3 is 2.67 bits per heavy atom. The molecule has 0 amide bonds. The molecule has 15 heavy (non-hydrogen) atoms. The molecule has 0 fully saturated rings. The fourth-order valence-electron chi connectivity index (χ4n) is 1.30. The molecule has 0 saturated carbocycles. The summed E-state index contributed by atoms with van der Waals surface area (Å²) in [6.07, 6.45) is 0. The molecule has 0 aliphatic carbocycles. The molecule has 0 aromatic heterocycles. The van der Waals surface area contributed by atoms with Crippen molar-refractivity contribution in [3.63, 3.8) is 0 Å². The van der Waals surface area contributed by atoms with E-state index in [1.54, 1.807) is 12.1 Å². The van der Waals surface area contributed by atoms with Crippen LogP contribution in [0.5, 0.6) is 0 Å². The Balaban J connectivity index is 0.00000112. The SMILES string of the molecule is Cl.Fc1ccc(CNC2=NCCN2)cc1. The number of benzene rings is 1. The number of guanidine groups is 1. The minimum Gasteiger partial charge on any atom is -0.355 e. The van der Waals surface area contributed by atoms with Crippen molar-refractivity contribution in [1.29, 1.82) is 0 Å². The Kier molecular flexibility index (Phi) is 4.37. The van der Waals surface area contributed by atoms with E-state index in [2.05, 4.69) is 15.6 Å². The largest absolute Gasteiger partial charge is 0.355 e. The van der Waals surface area contributed by atoms with E-state index in [9.17, 15) is 4.39 Å². The molecule has 82 valence electrons. The fourth-order valence-corrected chi connectivity index (χ4v) is 1.30. The highest BCUT2D eigenvalue weighted by molar-refractivity contribution is 5.85. The average molecular weight is 230 g/mol. The first-order chi connectivity index (χ1) is 6.84. The van der Waals surface area contributed by atoms with E-state index >= 15 is 0 Å². The van der Waals surface area contributed by atoms with Crippen molar-refractivity contribution in [3.8, 4) is 0 Å². The Morgan fingerprint density at radius 2 is 2.07 bits per heavy atom. The third kappa shape index (κ3) is 3.40. The van der Waals surface area contributed by atoms with Gasteiger partial charge in [0.2, 0.25) is 0 Å². The van der Waals surface area contributed by atoms with Gasteiger partial charge < -0.3 is 10.6 Å². The molecule has 1 aliphatic rings. The van der Waals surface area contributed by atoms with Gasteiger partial charge in [-0.25, -0.2) is 4.39 Å². The average Bonchev–Trinajstić information content (AvgIpc) is 2.70. The van der Waals surface area contributed by atoms with E-state index in [1.807, 2.05) is 0 Å². The molecule has 0 unspecified atom stereocenters. The van der Waals surface area contributed by atoms with Gasteiger partial charge in [-0.05, 0) is 17.7 Å². The van der Waals surface area contributed by atoms with Gasteiger partial charge >= 0.3 is 0 Å². The zero-order valence-corrected chi connectivity index (χ0v) is 8.98. The predicted octanol–water partition coefficient (Wildman–Crippen LogP) is 1.30. The van der Waals surface area contributed by atoms with Crippen LogP contribution < -0.4 is 10.6 Å². The quantitative estimate of drug-likeness (QED) is 0.802. The van der Waals surface area contributed by atoms with Crippen molar-refractivity contribution < 1.29 is 4.39 Å². The van der Waals surface area contributed by atoms with Crippen LogP contribution >= 0.6 is 12.4 Å². The minimum absolute atomic E-state index is 0. The van der Waals surface area contributed by atoms with Crippen LogP contribution in [0.25, 0.3) is 0 Å². The van der Waals surface area contributed by atoms with Crippen molar-refractivity contribution in [1.82, 2.24) is 10.6 Å². The highest BCUT2D eigenvalue weighted by Crippen LogP contribution is 2.01. The molecule has 1 aromatic carbocycles. The van der Waals surface area contributed by atoms with E-state index in [4.69, 9.17) is 0 Å². The number of hydrogen-bond donors (Lipinski definition) is 2. The fraction of sp³-hybridized carbons (Fsp3) is 0.300. The maximum atomic E-state index is 12.6. The summed E-state index contributed by atoms with van der Waals surface area (Å²) in [6, 6.07) is 6.44. The van der Waals surface area contributed by atoms with Crippen LogP contribution in [-0.4, -0.2) is 19.0 Å². The first-order valence-corrected chi connectivity index (χ1v) is 4.61. The summed E-state index contributed by atoms with van der Waals surface area (Å²) in [5, 5.41) is 6.24. The van der Waals surface area contributed by atoms with Crippen LogP contribution in [-0.2, 0) is 6.54 Å². The topological polar surface area (TPSA) is 36.4 Å². The van der Waals surface area contributed by atoms with Gasteiger partial charge in [0.25, 0.3) is 0 Å². The molecule has 2 rings (SSSR count). The first-order valence-electron chi connectivity index (χ1n) is 4.61. The second-order valence-corrected chi connectivity index (χ2v) is 3.14. The summed E-state index contributed by atoms with van der Waals surface area (Å²) in [5.41, 5.74) is 1.04. The summed E-state index contributed by atoms with van der Waals surface area (Å²) in [5.74, 6) is 0.624. The lowest BCUT2D eigenvalue weighted by molar-refractivity contribution is 0.626. The molecular formula is C10H13ClFN3. The second kappa shape index (κ2) is 5.56. The van der Waals surface area contributed by atoms with Crippen molar-refractivity contribution in [2.75, 3.05) is 13.1 Å². The summed E-state index contributed by atoms with van der Waals surface area (Å²) >= 11 is 0. The predicted molar refractivity (Wildman–Crippen MR) is 60.8 cm³/mol. The Hall–Kier alpha value is -1.29. The van der Waals surface area contributed by atoms with Gasteiger partial charge in [0, 0.05) is 13.1 Å². The number of hydrogen-bond acceptors (Lipinski definition) is 3. The van der Waals surface area contributed by atoms with Crippen LogP contribution in [0.4, 0.5) is 4.39 Å². The molecule has 0 spiro atoms. The zero-order valence-electron chi connectivity index (χ0n) is 8.16. The van der Waals surface area contributed by atoms with Gasteiger partial charge in [-0.3, -0.25) is 4.99 Å². The highest BCUT2D eigenvalue weighted by atomic mass is 35.5. The lowest BCUT2D eigenvalue weighted by Gasteiger charge is -2.05. The first kappa shape index (κ1) is 11.8. The third-order valence-electron chi connectivity index (χ3n) is 2.05. The summed E-state index contributed by atoms with van der Waals surface area (Å²) in [4.78, 5) is 4.19. The van der Waals surface area contributed by atoms with Crippen molar-refractivity contribution >= 4 is 18.4 Å². The Bertz CT molecular complexity index is 337. The van der Waals surface area contributed by atoms with E-state index in [-0.39, 0.29) is 18.2 Å². The van der Waals surface area contributed by atoms with Gasteiger partial charge in [-0.2, -0.15) is 0 Å². The minimum atomic E-state index is -0.204. The monoisotopic (exact) mass is 229 g/mol. The van der Waals surface area contributed by atoms with Crippen molar-refractivity contribution in [2.45, 2.75) is 6.54 Å². The highest BCUT2D eigenvalue weighted by Gasteiger charge is 2.03. The molecule has 1 aliphatic heterocycles. The summed E-state index contributed by atoms with van der Waals surface area (Å²) in [7, 11) is 0. The molecule has 1 aromatic rings. The molecule has 0 saturated heterocycles. The van der Waals surface area contributed by atoms with E-state index < -0.39 is 0 Å². The second-order valence-electron chi connectivity index (χ2n) is 3.14. The van der Waals surface area contributed by atoms with E-state index in [0.717, 1.165) is 24.6 Å². The number of aliphatic imine (C=N–C) groups is 1. The normalized spacial score (nSPS) is 13.8. The van der Waals surface area contributed by atoms with Gasteiger partial charge in [-0.15, -0.1) is 12.4 Å². The molecule has 0 radical (unpaired) electrons. The van der Waals surface area contributed by atoms with Crippen LogP contribution in [0.3, 0.4) is 0 Å². The van der Waals surface area contributed by atoms with Crippen LogP contribution in [0.15, 0.2) is 29.3 Å². The zero-order chi connectivity index (χ0) is 9.80. The molecule has 2 N–H and O–H groups in total. The van der Waals surface area contributed by atoms with Crippen molar-refractivity contribution in [2.24, 2.45) is 4.99 Å². The van der Waals surface area contributed by atoms with E-state index in [1.165, 1.54) is 12.1 Å². The smallest absolute Gasteiger partial charge is 0.191 e. The standard InChI is InChI=1S/C10H12FN3.ClH/c11-9-3-1-8(2-4-9)7-14-10-12-5-6-13-10;/h1-4H,5-7H2,(H2,12,13,14);1H. The van der Waals surface area contributed by atoms with Crippen LogP contribution in [0, 0.1) is 5.82 Å². The molecule has 1 heterocycles.